The van der Waals surface area contributed by atoms with E-state index in [4.69, 9.17) is 4.74 Å². The third-order valence-electron chi connectivity index (χ3n) is 2.35. The summed E-state index contributed by atoms with van der Waals surface area (Å²) in [6.45, 7) is 3.22. The van der Waals surface area contributed by atoms with Gasteiger partial charge in [-0.1, -0.05) is 12.1 Å². The van der Waals surface area contributed by atoms with Gasteiger partial charge in [0.05, 0.1) is 7.11 Å². The number of thioether (sulfide) groups is 1. The van der Waals surface area contributed by atoms with Gasteiger partial charge < -0.3 is 10.1 Å². The number of ether oxygens (including phenoxy) is 1. The van der Waals surface area contributed by atoms with Crippen molar-refractivity contribution in [3.05, 3.63) is 29.8 Å². The smallest absolute Gasteiger partial charge is 0.119 e. The van der Waals surface area contributed by atoms with Gasteiger partial charge in [-0.25, -0.2) is 0 Å². The van der Waals surface area contributed by atoms with Crippen molar-refractivity contribution in [1.82, 2.24) is 5.32 Å². The first-order chi connectivity index (χ1) is 7.27. The zero-order valence-electron chi connectivity index (χ0n) is 9.62. The summed E-state index contributed by atoms with van der Waals surface area (Å²) in [7, 11) is 1.70. The van der Waals surface area contributed by atoms with E-state index in [1.54, 1.807) is 7.11 Å². The molecule has 0 saturated carbocycles. The fourth-order valence-corrected chi connectivity index (χ4v) is 1.73. The topological polar surface area (TPSA) is 21.3 Å². The number of benzene rings is 1. The van der Waals surface area contributed by atoms with E-state index in [0.717, 1.165) is 18.0 Å². The minimum absolute atomic E-state index is 0.382. The maximum atomic E-state index is 5.20. The second-order valence-electron chi connectivity index (χ2n) is 3.45. The van der Waals surface area contributed by atoms with Gasteiger partial charge in [0, 0.05) is 18.3 Å². The molecule has 0 amide bonds. The number of hydrogen-bond donors (Lipinski definition) is 1. The van der Waals surface area contributed by atoms with Crippen molar-refractivity contribution in [2.45, 2.75) is 13.0 Å². The molecule has 0 heterocycles. The van der Waals surface area contributed by atoms with Crippen LogP contribution < -0.4 is 10.1 Å². The molecule has 0 fully saturated rings. The van der Waals surface area contributed by atoms with E-state index >= 15 is 0 Å². The average molecular weight is 225 g/mol. The lowest BCUT2D eigenvalue weighted by Gasteiger charge is -2.14. The molecular weight excluding hydrogens is 206 g/mol. The molecule has 1 N–H and O–H groups in total. The number of rotatable bonds is 6. The highest BCUT2D eigenvalue weighted by Crippen LogP contribution is 2.18. The lowest BCUT2D eigenvalue weighted by atomic mass is 10.1. The zero-order valence-corrected chi connectivity index (χ0v) is 10.4. The molecular formula is C12H19NOS. The monoisotopic (exact) mass is 225 g/mol. The number of methoxy groups -OCH3 is 1. The van der Waals surface area contributed by atoms with Gasteiger partial charge in [0.25, 0.3) is 0 Å². The molecule has 0 aliphatic heterocycles. The lowest BCUT2D eigenvalue weighted by Crippen LogP contribution is -2.21. The summed E-state index contributed by atoms with van der Waals surface area (Å²) in [5.41, 5.74) is 1.27. The van der Waals surface area contributed by atoms with Crippen molar-refractivity contribution in [3.8, 4) is 5.75 Å². The van der Waals surface area contributed by atoms with Crippen molar-refractivity contribution in [2.75, 3.05) is 25.7 Å². The van der Waals surface area contributed by atoms with Crippen LogP contribution in [-0.4, -0.2) is 25.7 Å². The van der Waals surface area contributed by atoms with Crippen LogP contribution in [0.5, 0.6) is 5.75 Å². The summed E-state index contributed by atoms with van der Waals surface area (Å²) in [6.07, 6.45) is 2.12. The van der Waals surface area contributed by atoms with Gasteiger partial charge in [-0.3, -0.25) is 0 Å². The van der Waals surface area contributed by atoms with Gasteiger partial charge in [-0.15, -0.1) is 0 Å². The molecule has 0 bridgehead atoms. The minimum atomic E-state index is 0.382. The van der Waals surface area contributed by atoms with E-state index in [2.05, 4.69) is 30.6 Å². The lowest BCUT2D eigenvalue weighted by molar-refractivity contribution is 0.413. The van der Waals surface area contributed by atoms with E-state index in [9.17, 15) is 0 Å². The summed E-state index contributed by atoms with van der Waals surface area (Å²) in [5.74, 6) is 2.07. The van der Waals surface area contributed by atoms with Crippen LogP contribution in [-0.2, 0) is 0 Å². The molecule has 1 aromatic carbocycles. The van der Waals surface area contributed by atoms with Crippen molar-refractivity contribution in [2.24, 2.45) is 0 Å². The van der Waals surface area contributed by atoms with Gasteiger partial charge in [0.2, 0.25) is 0 Å². The molecule has 84 valence electrons. The second-order valence-corrected chi connectivity index (χ2v) is 4.43. The van der Waals surface area contributed by atoms with Crippen LogP contribution in [0.15, 0.2) is 24.3 Å². The molecule has 1 aromatic rings. The first-order valence-corrected chi connectivity index (χ1v) is 6.53. The molecule has 0 aromatic heterocycles. The third-order valence-corrected chi connectivity index (χ3v) is 2.96. The first-order valence-electron chi connectivity index (χ1n) is 5.14. The standard InChI is InChI=1S/C12H19NOS/c1-10(13-7-8-15-3)11-5-4-6-12(9-11)14-2/h4-6,9-10,13H,7-8H2,1-3H3. The molecule has 1 atom stereocenters. The largest absolute Gasteiger partial charge is 0.497 e. The Balaban J connectivity index is 2.52. The number of hydrogen-bond acceptors (Lipinski definition) is 3. The highest BCUT2D eigenvalue weighted by molar-refractivity contribution is 7.98. The van der Waals surface area contributed by atoms with Gasteiger partial charge in [-0.2, -0.15) is 11.8 Å². The van der Waals surface area contributed by atoms with Crippen molar-refractivity contribution >= 4 is 11.8 Å². The van der Waals surface area contributed by atoms with Crippen molar-refractivity contribution < 1.29 is 4.74 Å². The van der Waals surface area contributed by atoms with Crippen LogP contribution in [0.25, 0.3) is 0 Å². The van der Waals surface area contributed by atoms with Crippen molar-refractivity contribution in [1.29, 1.82) is 0 Å². The Bertz CT molecular complexity index is 291. The van der Waals surface area contributed by atoms with Crippen LogP contribution >= 0.6 is 11.8 Å². The highest BCUT2D eigenvalue weighted by Gasteiger charge is 2.04. The van der Waals surface area contributed by atoms with Gasteiger partial charge in [0.1, 0.15) is 5.75 Å². The Morgan fingerprint density at radius 3 is 2.93 bits per heavy atom. The van der Waals surface area contributed by atoms with E-state index in [1.807, 2.05) is 23.9 Å². The third kappa shape index (κ3) is 4.14. The fourth-order valence-electron chi connectivity index (χ4n) is 1.41. The van der Waals surface area contributed by atoms with Crippen LogP contribution in [0, 0.1) is 0 Å². The minimum Gasteiger partial charge on any atom is -0.497 e. The SMILES string of the molecule is COc1cccc(C(C)NCCSC)c1. The number of nitrogens with one attached hydrogen (secondary N) is 1. The van der Waals surface area contributed by atoms with E-state index in [1.165, 1.54) is 5.56 Å². The molecule has 0 aliphatic rings. The van der Waals surface area contributed by atoms with Crippen LogP contribution in [0.4, 0.5) is 0 Å². The molecule has 2 nitrogen and oxygen atoms in total. The average Bonchev–Trinajstić information content (AvgIpc) is 2.29. The molecule has 0 saturated heterocycles. The van der Waals surface area contributed by atoms with Gasteiger partial charge >= 0.3 is 0 Å². The summed E-state index contributed by atoms with van der Waals surface area (Å²) in [4.78, 5) is 0. The fraction of sp³-hybridized carbons (Fsp3) is 0.500. The van der Waals surface area contributed by atoms with Crippen LogP contribution in [0.3, 0.4) is 0 Å². The van der Waals surface area contributed by atoms with Crippen molar-refractivity contribution in [3.63, 3.8) is 0 Å². The Kier molecular flexibility index (Phi) is 5.58. The van der Waals surface area contributed by atoms with Gasteiger partial charge in [0.15, 0.2) is 0 Å². The quantitative estimate of drug-likeness (QED) is 0.752. The Morgan fingerprint density at radius 2 is 2.27 bits per heavy atom. The normalized spacial score (nSPS) is 12.5. The molecule has 0 spiro atoms. The zero-order chi connectivity index (χ0) is 11.1. The van der Waals surface area contributed by atoms with Gasteiger partial charge in [-0.05, 0) is 30.9 Å². The van der Waals surface area contributed by atoms with Crippen LogP contribution in [0.2, 0.25) is 0 Å². The maximum absolute atomic E-state index is 5.20. The first kappa shape index (κ1) is 12.4. The van der Waals surface area contributed by atoms with E-state index in [-0.39, 0.29) is 0 Å². The highest BCUT2D eigenvalue weighted by atomic mass is 32.2. The predicted octanol–water partition coefficient (Wildman–Crippen LogP) is 2.71. The van der Waals surface area contributed by atoms with Crippen LogP contribution in [0.1, 0.15) is 18.5 Å². The van der Waals surface area contributed by atoms with E-state index < -0.39 is 0 Å². The molecule has 0 radical (unpaired) electrons. The Morgan fingerprint density at radius 1 is 1.47 bits per heavy atom. The Hall–Kier alpha value is -0.670. The second kappa shape index (κ2) is 6.75. The summed E-state index contributed by atoms with van der Waals surface area (Å²) in [6, 6.07) is 8.59. The molecule has 1 rings (SSSR count). The Labute approximate surface area is 96.4 Å². The molecule has 0 aliphatic carbocycles. The molecule has 1 unspecified atom stereocenters. The predicted molar refractivity (Wildman–Crippen MR) is 67.8 cm³/mol. The summed E-state index contributed by atoms with van der Waals surface area (Å²) in [5, 5.41) is 3.47. The summed E-state index contributed by atoms with van der Waals surface area (Å²) >= 11 is 1.86. The maximum Gasteiger partial charge on any atom is 0.119 e. The molecule has 3 heteroatoms. The van der Waals surface area contributed by atoms with E-state index in [0.29, 0.717) is 6.04 Å². The molecule has 15 heavy (non-hydrogen) atoms. The summed E-state index contributed by atoms with van der Waals surface area (Å²) < 4.78 is 5.20.